The van der Waals surface area contributed by atoms with Gasteiger partial charge in [-0.05, 0) is 42.5 Å². The maximum absolute atomic E-state index is 9.80. The van der Waals surface area contributed by atoms with E-state index in [1.165, 1.54) is 36.7 Å². The molecule has 0 aliphatic heterocycles. The highest BCUT2D eigenvalue weighted by Gasteiger charge is 2.10. The molecule has 3 aromatic rings. The lowest BCUT2D eigenvalue weighted by atomic mass is 10.2. The molecule has 3 rings (SSSR count). The fourth-order valence-electron chi connectivity index (χ4n) is 2.32. The van der Waals surface area contributed by atoms with Crippen LogP contribution in [0.2, 0.25) is 0 Å². The van der Waals surface area contributed by atoms with E-state index < -0.39 is 34.5 Å². The summed E-state index contributed by atoms with van der Waals surface area (Å²) in [6.45, 7) is 0. The summed E-state index contributed by atoms with van der Waals surface area (Å²) in [6.07, 6.45) is 2.64. The molecule has 28 heavy (non-hydrogen) atoms. The van der Waals surface area contributed by atoms with Gasteiger partial charge in [0.25, 0.3) is 0 Å². The SMILES string of the molecule is Oc1ccc(C=Nc2cccc(N=Cc3ccc(O)c(O)c3O)c2)c(O)c1O. The van der Waals surface area contributed by atoms with Gasteiger partial charge in [-0.3, -0.25) is 9.98 Å². The Morgan fingerprint density at radius 1 is 0.536 bits per heavy atom. The number of aliphatic imine (C=N–C) groups is 2. The number of phenols is 6. The summed E-state index contributed by atoms with van der Waals surface area (Å²) < 4.78 is 0. The summed E-state index contributed by atoms with van der Waals surface area (Å²) in [5.74, 6) is -3.09. The summed E-state index contributed by atoms with van der Waals surface area (Å²) in [6, 6.07) is 12.0. The smallest absolute Gasteiger partial charge is 0.200 e. The zero-order valence-corrected chi connectivity index (χ0v) is 14.4. The molecular weight excluding hydrogens is 364 g/mol. The minimum atomic E-state index is -0.626. The van der Waals surface area contributed by atoms with Crippen LogP contribution in [0.4, 0.5) is 11.4 Å². The number of benzene rings is 3. The normalized spacial score (nSPS) is 11.4. The van der Waals surface area contributed by atoms with Crippen molar-refractivity contribution in [3.05, 3.63) is 59.7 Å². The Hall–Kier alpha value is -4.20. The number of hydrogen-bond donors (Lipinski definition) is 6. The van der Waals surface area contributed by atoms with Crippen LogP contribution >= 0.6 is 0 Å². The van der Waals surface area contributed by atoms with Gasteiger partial charge in [0.1, 0.15) is 0 Å². The molecule has 0 saturated carbocycles. The average Bonchev–Trinajstić information content (AvgIpc) is 2.69. The third kappa shape index (κ3) is 3.80. The summed E-state index contributed by atoms with van der Waals surface area (Å²) >= 11 is 0. The fourth-order valence-corrected chi connectivity index (χ4v) is 2.32. The lowest BCUT2D eigenvalue weighted by Crippen LogP contribution is -1.84. The zero-order chi connectivity index (χ0) is 20.3. The predicted octanol–water partition coefficient (Wildman–Crippen LogP) is 3.42. The van der Waals surface area contributed by atoms with Crippen molar-refractivity contribution in [3.63, 3.8) is 0 Å². The number of aromatic hydroxyl groups is 6. The van der Waals surface area contributed by atoms with Crippen LogP contribution in [0.5, 0.6) is 34.5 Å². The van der Waals surface area contributed by atoms with Crippen LogP contribution in [0.25, 0.3) is 0 Å². The number of rotatable bonds is 4. The van der Waals surface area contributed by atoms with Gasteiger partial charge >= 0.3 is 0 Å². The van der Waals surface area contributed by atoms with Crippen molar-refractivity contribution in [3.8, 4) is 34.5 Å². The van der Waals surface area contributed by atoms with Gasteiger partial charge in [0.2, 0.25) is 11.5 Å². The van der Waals surface area contributed by atoms with Crippen LogP contribution < -0.4 is 0 Å². The summed E-state index contributed by atoms with van der Waals surface area (Å²) in [5, 5.41) is 57.3. The van der Waals surface area contributed by atoms with Gasteiger partial charge in [0.05, 0.1) is 11.4 Å². The number of nitrogens with zero attached hydrogens (tertiary/aromatic N) is 2. The van der Waals surface area contributed by atoms with E-state index in [0.717, 1.165) is 0 Å². The van der Waals surface area contributed by atoms with Crippen LogP contribution in [0.1, 0.15) is 11.1 Å². The van der Waals surface area contributed by atoms with Crippen LogP contribution in [0.3, 0.4) is 0 Å². The van der Waals surface area contributed by atoms with Crippen molar-refractivity contribution in [2.45, 2.75) is 0 Å². The number of phenolic OH excluding ortho intramolecular Hbond substituents is 6. The third-order valence-electron chi connectivity index (χ3n) is 3.86. The Bertz CT molecular complexity index is 1010. The second-order valence-electron chi connectivity index (χ2n) is 5.78. The molecule has 0 bridgehead atoms. The average molecular weight is 380 g/mol. The summed E-state index contributed by atoms with van der Waals surface area (Å²) in [7, 11) is 0. The summed E-state index contributed by atoms with van der Waals surface area (Å²) in [5.41, 5.74) is 1.43. The van der Waals surface area contributed by atoms with E-state index in [-0.39, 0.29) is 11.1 Å². The van der Waals surface area contributed by atoms with E-state index in [1.807, 2.05) is 0 Å². The lowest BCUT2D eigenvalue weighted by Gasteiger charge is -2.04. The monoisotopic (exact) mass is 380 g/mol. The lowest BCUT2D eigenvalue weighted by molar-refractivity contribution is 0.367. The Balaban J connectivity index is 1.83. The second kappa shape index (κ2) is 7.58. The number of hydrogen-bond acceptors (Lipinski definition) is 8. The molecule has 0 spiro atoms. The minimum absolute atomic E-state index is 0.216. The van der Waals surface area contributed by atoms with Gasteiger partial charge < -0.3 is 30.6 Å². The molecule has 0 saturated heterocycles. The molecule has 0 heterocycles. The van der Waals surface area contributed by atoms with Gasteiger partial charge in [-0.25, -0.2) is 0 Å². The Labute approximate surface area is 159 Å². The molecule has 0 unspecified atom stereocenters. The molecular formula is C20H16N2O6. The van der Waals surface area contributed by atoms with Crippen LogP contribution in [-0.4, -0.2) is 43.1 Å². The molecule has 8 heteroatoms. The molecule has 3 aromatic carbocycles. The van der Waals surface area contributed by atoms with E-state index in [4.69, 9.17) is 0 Å². The van der Waals surface area contributed by atoms with Crippen LogP contribution in [0.15, 0.2) is 58.5 Å². The van der Waals surface area contributed by atoms with Gasteiger partial charge in [-0.2, -0.15) is 0 Å². The Morgan fingerprint density at radius 3 is 1.39 bits per heavy atom. The standard InChI is InChI=1S/C20H16N2O6/c23-15-6-4-11(17(25)19(15)27)9-21-13-2-1-3-14(8-13)22-10-12-5-7-16(24)20(28)18(12)26/h1-10,23-28H. The van der Waals surface area contributed by atoms with Gasteiger partial charge in [0.15, 0.2) is 23.0 Å². The molecule has 0 amide bonds. The maximum Gasteiger partial charge on any atom is 0.200 e. The zero-order valence-electron chi connectivity index (χ0n) is 14.4. The van der Waals surface area contributed by atoms with Gasteiger partial charge in [-0.15, -0.1) is 0 Å². The van der Waals surface area contributed by atoms with Crippen molar-refractivity contribution in [1.82, 2.24) is 0 Å². The second-order valence-corrected chi connectivity index (χ2v) is 5.78. The van der Waals surface area contributed by atoms with Crippen molar-refractivity contribution in [2.24, 2.45) is 9.98 Å². The van der Waals surface area contributed by atoms with Crippen LogP contribution in [0, 0.1) is 0 Å². The first-order valence-electron chi connectivity index (χ1n) is 8.03. The molecule has 8 nitrogen and oxygen atoms in total. The first-order chi connectivity index (χ1) is 13.4. The third-order valence-corrected chi connectivity index (χ3v) is 3.86. The highest BCUT2D eigenvalue weighted by molar-refractivity contribution is 5.89. The van der Waals surface area contributed by atoms with E-state index >= 15 is 0 Å². The molecule has 0 atom stereocenters. The first-order valence-corrected chi connectivity index (χ1v) is 8.03. The molecule has 6 N–H and O–H groups in total. The molecule has 0 aliphatic carbocycles. The largest absolute Gasteiger partial charge is 0.504 e. The van der Waals surface area contributed by atoms with Crippen LogP contribution in [-0.2, 0) is 0 Å². The van der Waals surface area contributed by atoms with E-state index in [9.17, 15) is 30.6 Å². The first kappa shape index (κ1) is 18.6. The van der Waals surface area contributed by atoms with Crippen molar-refractivity contribution >= 4 is 23.8 Å². The highest BCUT2D eigenvalue weighted by Crippen LogP contribution is 2.37. The highest BCUT2D eigenvalue weighted by atomic mass is 16.3. The molecule has 0 radical (unpaired) electrons. The predicted molar refractivity (Wildman–Crippen MR) is 104 cm³/mol. The van der Waals surface area contributed by atoms with E-state index in [0.29, 0.717) is 11.4 Å². The molecule has 0 fully saturated rings. The minimum Gasteiger partial charge on any atom is -0.504 e. The topological polar surface area (TPSA) is 146 Å². The summed E-state index contributed by atoms with van der Waals surface area (Å²) in [4.78, 5) is 8.39. The van der Waals surface area contributed by atoms with Gasteiger partial charge in [-0.1, -0.05) is 6.07 Å². The van der Waals surface area contributed by atoms with E-state index in [2.05, 4.69) is 9.98 Å². The van der Waals surface area contributed by atoms with Crippen molar-refractivity contribution in [1.29, 1.82) is 0 Å². The van der Waals surface area contributed by atoms with Gasteiger partial charge in [0, 0.05) is 23.6 Å². The Kier molecular flexibility index (Phi) is 5.03. The van der Waals surface area contributed by atoms with Crippen molar-refractivity contribution in [2.75, 3.05) is 0 Å². The fraction of sp³-hybridized carbons (Fsp3) is 0. The van der Waals surface area contributed by atoms with E-state index in [1.54, 1.807) is 24.3 Å². The quantitative estimate of drug-likeness (QED) is 0.302. The maximum atomic E-state index is 9.80. The molecule has 0 aliphatic rings. The molecule has 142 valence electrons. The van der Waals surface area contributed by atoms with Crippen molar-refractivity contribution < 1.29 is 30.6 Å². The Morgan fingerprint density at radius 2 is 0.964 bits per heavy atom. The molecule has 0 aromatic heterocycles.